The summed E-state index contributed by atoms with van der Waals surface area (Å²) in [4.78, 5) is 24.4. The highest BCUT2D eigenvalue weighted by molar-refractivity contribution is 6.32. The molecule has 0 spiro atoms. The number of aryl methyl sites for hydroxylation is 1. The standard InChI is InChI=1S/C20H18ClN3O3/c1-13-3-5-14(6-4-13)17-8-10-20(26)24(23-17)12-19(25)22-15-7-9-18(27-2)16(21)11-15/h3-11H,12H2,1-2H3,(H,22,25). The quantitative estimate of drug-likeness (QED) is 0.731. The van der Waals surface area contributed by atoms with Gasteiger partial charge in [-0.25, -0.2) is 4.68 Å². The highest BCUT2D eigenvalue weighted by Crippen LogP contribution is 2.27. The fraction of sp³-hybridized carbons (Fsp3) is 0.150. The number of amides is 1. The van der Waals surface area contributed by atoms with Crippen LogP contribution in [0.5, 0.6) is 5.75 Å². The summed E-state index contributed by atoms with van der Waals surface area (Å²) >= 11 is 6.05. The largest absolute Gasteiger partial charge is 0.495 e. The molecule has 3 rings (SSSR count). The van der Waals surface area contributed by atoms with Crippen molar-refractivity contribution in [3.63, 3.8) is 0 Å². The molecule has 1 N–H and O–H groups in total. The number of aromatic nitrogens is 2. The topological polar surface area (TPSA) is 73.2 Å². The maximum atomic E-state index is 12.3. The third-order valence-corrected chi connectivity index (χ3v) is 4.24. The first-order chi connectivity index (χ1) is 13.0. The van der Waals surface area contributed by atoms with E-state index in [1.807, 2.05) is 31.2 Å². The van der Waals surface area contributed by atoms with Crippen molar-refractivity contribution in [2.45, 2.75) is 13.5 Å². The van der Waals surface area contributed by atoms with Crippen LogP contribution in [0, 0.1) is 6.92 Å². The van der Waals surface area contributed by atoms with Crippen LogP contribution in [0.25, 0.3) is 11.3 Å². The first-order valence-corrected chi connectivity index (χ1v) is 8.62. The molecule has 0 radical (unpaired) electrons. The average molecular weight is 384 g/mol. The van der Waals surface area contributed by atoms with Gasteiger partial charge in [-0.05, 0) is 31.2 Å². The van der Waals surface area contributed by atoms with Crippen LogP contribution in [0.1, 0.15) is 5.56 Å². The molecular formula is C20H18ClN3O3. The van der Waals surface area contributed by atoms with Crippen LogP contribution in [-0.4, -0.2) is 22.8 Å². The summed E-state index contributed by atoms with van der Waals surface area (Å²) in [5.74, 6) is 0.130. The SMILES string of the molecule is COc1ccc(NC(=O)Cn2nc(-c3ccc(C)cc3)ccc2=O)cc1Cl. The smallest absolute Gasteiger partial charge is 0.267 e. The van der Waals surface area contributed by atoms with Gasteiger partial charge in [-0.3, -0.25) is 9.59 Å². The fourth-order valence-electron chi connectivity index (χ4n) is 2.52. The summed E-state index contributed by atoms with van der Waals surface area (Å²) in [7, 11) is 1.51. The zero-order valence-electron chi connectivity index (χ0n) is 14.9. The molecule has 1 heterocycles. The minimum absolute atomic E-state index is 0.206. The van der Waals surface area contributed by atoms with Gasteiger partial charge in [0.2, 0.25) is 5.91 Å². The van der Waals surface area contributed by atoms with Gasteiger partial charge in [0.1, 0.15) is 12.3 Å². The van der Waals surface area contributed by atoms with E-state index in [-0.39, 0.29) is 18.0 Å². The minimum Gasteiger partial charge on any atom is -0.495 e. The normalized spacial score (nSPS) is 10.5. The van der Waals surface area contributed by atoms with Gasteiger partial charge in [0.15, 0.2) is 0 Å². The number of anilines is 1. The van der Waals surface area contributed by atoms with Crippen molar-refractivity contribution in [2.24, 2.45) is 0 Å². The number of benzene rings is 2. The van der Waals surface area contributed by atoms with Crippen molar-refractivity contribution in [2.75, 3.05) is 12.4 Å². The number of carbonyl (C=O) groups is 1. The van der Waals surface area contributed by atoms with E-state index >= 15 is 0 Å². The molecule has 0 atom stereocenters. The van der Waals surface area contributed by atoms with Gasteiger partial charge in [0.05, 0.1) is 17.8 Å². The molecule has 3 aromatic rings. The molecule has 0 unspecified atom stereocenters. The van der Waals surface area contributed by atoms with Crippen LogP contribution in [-0.2, 0) is 11.3 Å². The monoisotopic (exact) mass is 383 g/mol. The zero-order valence-corrected chi connectivity index (χ0v) is 15.7. The molecule has 0 saturated carbocycles. The summed E-state index contributed by atoms with van der Waals surface area (Å²) in [6, 6.07) is 15.7. The first-order valence-electron chi connectivity index (χ1n) is 8.25. The number of hydrogen-bond acceptors (Lipinski definition) is 4. The van der Waals surface area contributed by atoms with Gasteiger partial charge in [0, 0.05) is 17.3 Å². The number of methoxy groups -OCH3 is 1. The number of nitrogens with one attached hydrogen (secondary N) is 1. The van der Waals surface area contributed by atoms with E-state index in [0.29, 0.717) is 22.2 Å². The Morgan fingerprint density at radius 1 is 1.15 bits per heavy atom. The van der Waals surface area contributed by atoms with E-state index in [2.05, 4.69) is 10.4 Å². The predicted octanol–water partition coefficient (Wildman–Crippen LogP) is 3.52. The number of carbonyl (C=O) groups excluding carboxylic acids is 1. The lowest BCUT2D eigenvalue weighted by atomic mass is 10.1. The van der Waals surface area contributed by atoms with Crippen LogP contribution in [0.15, 0.2) is 59.4 Å². The second kappa shape index (κ2) is 8.05. The van der Waals surface area contributed by atoms with Crippen molar-refractivity contribution in [1.82, 2.24) is 9.78 Å². The Kier molecular flexibility index (Phi) is 5.57. The molecule has 7 heteroatoms. The maximum absolute atomic E-state index is 12.3. The molecule has 138 valence electrons. The zero-order chi connectivity index (χ0) is 19.4. The molecule has 27 heavy (non-hydrogen) atoms. The number of nitrogens with zero attached hydrogens (tertiary/aromatic N) is 2. The highest BCUT2D eigenvalue weighted by Gasteiger charge is 2.10. The van der Waals surface area contributed by atoms with Crippen molar-refractivity contribution in [3.8, 4) is 17.0 Å². The van der Waals surface area contributed by atoms with Crippen molar-refractivity contribution >= 4 is 23.2 Å². The Hall–Kier alpha value is -3.12. The van der Waals surface area contributed by atoms with Crippen LogP contribution in [0.4, 0.5) is 5.69 Å². The van der Waals surface area contributed by atoms with E-state index in [1.165, 1.54) is 13.2 Å². The van der Waals surface area contributed by atoms with Crippen LogP contribution >= 0.6 is 11.6 Å². The van der Waals surface area contributed by atoms with Crippen LogP contribution in [0.3, 0.4) is 0 Å². The fourth-order valence-corrected chi connectivity index (χ4v) is 2.78. The third kappa shape index (κ3) is 4.54. The van der Waals surface area contributed by atoms with E-state index in [1.54, 1.807) is 24.3 Å². The second-order valence-electron chi connectivity index (χ2n) is 5.98. The second-order valence-corrected chi connectivity index (χ2v) is 6.39. The molecule has 6 nitrogen and oxygen atoms in total. The van der Waals surface area contributed by atoms with Crippen molar-refractivity contribution in [1.29, 1.82) is 0 Å². The van der Waals surface area contributed by atoms with E-state index < -0.39 is 0 Å². The maximum Gasteiger partial charge on any atom is 0.267 e. The summed E-state index contributed by atoms with van der Waals surface area (Å²) < 4.78 is 6.21. The molecule has 1 amide bonds. The Bertz CT molecular complexity index is 1030. The first kappa shape index (κ1) is 18.7. The lowest BCUT2D eigenvalue weighted by Gasteiger charge is -2.10. The third-order valence-electron chi connectivity index (χ3n) is 3.94. The Morgan fingerprint density at radius 3 is 2.56 bits per heavy atom. The minimum atomic E-state index is -0.383. The van der Waals surface area contributed by atoms with Crippen LogP contribution in [0.2, 0.25) is 5.02 Å². The average Bonchev–Trinajstić information content (AvgIpc) is 2.64. The predicted molar refractivity (Wildman–Crippen MR) is 105 cm³/mol. The Labute approximate surface area is 161 Å². The lowest BCUT2D eigenvalue weighted by Crippen LogP contribution is -2.29. The van der Waals surface area contributed by atoms with E-state index in [4.69, 9.17) is 16.3 Å². The number of halogens is 1. The van der Waals surface area contributed by atoms with Gasteiger partial charge in [0.25, 0.3) is 5.56 Å². The van der Waals surface area contributed by atoms with Gasteiger partial charge >= 0.3 is 0 Å². The van der Waals surface area contributed by atoms with E-state index in [0.717, 1.165) is 15.8 Å². The molecular weight excluding hydrogens is 366 g/mol. The summed E-state index contributed by atoms with van der Waals surface area (Å²) in [6.07, 6.45) is 0. The highest BCUT2D eigenvalue weighted by atomic mass is 35.5. The molecule has 2 aromatic carbocycles. The van der Waals surface area contributed by atoms with Gasteiger partial charge < -0.3 is 10.1 Å². The van der Waals surface area contributed by atoms with Gasteiger partial charge in [-0.1, -0.05) is 41.4 Å². The number of rotatable bonds is 5. The molecule has 0 bridgehead atoms. The molecule has 0 fully saturated rings. The molecule has 0 aliphatic rings. The number of ether oxygens (including phenoxy) is 1. The molecule has 0 aliphatic heterocycles. The van der Waals surface area contributed by atoms with Crippen molar-refractivity contribution < 1.29 is 9.53 Å². The van der Waals surface area contributed by atoms with Crippen LogP contribution < -0.4 is 15.6 Å². The Balaban J connectivity index is 1.77. The van der Waals surface area contributed by atoms with E-state index in [9.17, 15) is 9.59 Å². The Morgan fingerprint density at radius 2 is 1.89 bits per heavy atom. The molecule has 0 saturated heterocycles. The summed E-state index contributed by atoms with van der Waals surface area (Å²) in [6.45, 7) is 1.79. The molecule has 1 aromatic heterocycles. The summed E-state index contributed by atoms with van der Waals surface area (Å²) in [5.41, 5.74) is 2.78. The van der Waals surface area contributed by atoms with Gasteiger partial charge in [-0.2, -0.15) is 5.10 Å². The lowest BCUT2D eigenvalue weighted by molar-refractivity contribution is -0.117. The molecule has 0 aliphatic carbocycles. The summed E-state index contributed by atoms with van der Waals surface area (Å²) in [5, 5.41) is 7.38. The van der Waals surface area contributed by atoms with Crippen molar-refractivity contribution in [3.05, 3.63) is 75.5 Å². The number of hydrogen-bond donors (Lipinski definition) is 1. The van der Waals surface area contributed by atoms with Gasteiger partial charge in [-0.15, -0.1) is 0 Å².